The van der Waals surface area contributed by atoms with Crippen LogP contribution >= 0.6 is 0 Å². The predicted molar refractivity (Wildman–Crippen MR) is 105 cm³/mol. The number of hydrogen-bond acceptors (Lipinski definition) is 4. The normalized spacial score (nSPS) is 13.6. The maximum atomic E-state index is 12.9. The Morgan fingerprint density at radius 1 is 1.17 bits per heavy atom. The Balaban J connectivity index is 1.47. The van der Waals surface area contributed by atoms with Crippen molar-refractivity contribution >= 4 is 17.4 Å². The van der Waals surface area contributed by atoms with Gasteiger partial charge >= 0.3 is 6.18 Å². The lowest BCUT2D eigenvalue weighted by Crippen LogP contribution is -2.24. The number of imidazole rings is 1. The molecule has 0 radical (unpaired) electrons. The number of halogens is 3. The van der Waals surface area contributed by atoms with Crippen LogP contribution in [0.25, 0.3) is 0 Å². The number of benzene rings is 1. The Hall–Kier alpha value is -3.36. The highest BCUT2D eigenvalue weighted by atomic mass is 19.4. The largest absolute Gasteiger partial charge is 0.416 e. The van der Waals surface area contributed by atoms with E-state index in [1.54, 1.807) is 12.1 Å². The number of anilines is 2. The Morgan fingerprint density at radius 2 is 2.03 bits per heavy atom. The molecule has 1 aliphatic heterocycles. The van der Waals surface area contributed by atoms with Crippen LogP contribution in [0.2, 0.25) is 0 Å². The maximum Gasteiger partial charge on any atom is 0.416 e. The molecular formula is C21H20F3N5O. The fourth-order valence-corrected chi connectivity index (χ4v) is 3.42. The summed E-state index contributed by atoms with van der Waals surface area (Å²) >= 11 is 0. The number of pyridine rings is 1. The van der Waals surface area contributed by atoms with Gasteiger partial charge in [0, 0.05) is 31.0 Å². The van der Waals surface area contributed by atoms with Crippen molar-refractivity contribution in [2.75, 3.05) is 5.32 Å². The Kier molecular flexibility index (Phi) is 5.43. The highest BCUT2D eigenvalue weighted by Crippen LogP contribution is 2.31. The molecule has 1 aromatic carbocycles. The topological polar surface area (TPSA) is 71.8 Å². The molecule has 0 saturated carbocycles. The van der Waals surface area contributed by atoms with Gasteiger partial charge in [0.05, 0.1) is 23.4 Å². The van der Waals surface area contributed by atoms with Crippen molar-refractivity contribution in [3.8, 4) is 0 Å². The summed E-state index contributed by atoms with van der Waals surface area (Å²) in [5.41, 5.74) is 0.424. The summed E-state index contributed by atoms with van der Waals surface area (Å²) in [4.78, 5) is 21.4. The van der Waals surface area contributed by atoms with Crippen LogP contribution in [0.4, 0.5) is 24.7 Å². The molecular weight excluding hydrogens is 395 g/mol. The molecule has 0 spiro atoms. The van der Waals surface area contributed by atoms with Crippen LogP contribution in [-0.4, -0.2) is 20.4 Å². The molecule has 2 N–H and O–H groups in total. The molecule has 156 valence electrons. The predicted octanol–water partition coefficient (Wildman–Crippen LogP) is 4.31. The number of aryl methyl sites for hydroxylation is 2. The lowest BCUT2D eigenvalue weighted by atomic mass is 10.2. The quantitative estimate of drug-likeness (QED) is 0.652. The molecule has 6 nitrogen and oxygen atoms in total. The summed E-state index contributed by atoms with van der Waals surface area (Å²) in [5.74, 6) is 0.820. The number of alkyl halides is 3. The first kappa shape index (κ1) is 19.9. The number of hydrogen-bond donors (Lipinski definition) is 2. The fraction of sp³-hybridized carbons (Fsp3) is 0.286. The summed E-state index contributed by atoms with van der Waals surface area (Å²) in [6, 6.07) is 7.92. The third-order valence-electron chi connectivity index (χ3n) is 4.89. The van der Waals surface area contributed by atoms with Gasteiger partial charge in [-0.2, -0.15) is 13.2 Å². The van der Waals surface area contributed by atoms with Gasteiger partial charge < -0.3 is 15.2 Å². The standard InChI is InChI=1S/C21H20F3N5O/c22-21(23,24)14-5-3-6-15(11-14)28-19-17(7-4-9-25-19)20(30)26-12-16-13-29-10-2-1-8-18(29)27-16/h3-7,9,11,13H,1-2,8,10,12H2,(H,25,28)(H,26,30). The highest BCUT2D eigenvalue weighted by molar-refractivity contribution is 5.99. The molecule has 30 heavy (non-hydrogen) atoms. The van der Waals surface area contributed by atoms with E-state index in [4.69, 9.17) is 0 Å². The average molecular weight is 415 g/mol. The number of fused-ring (bicyclic) bond motifs is 1. The van der Waals surface area contributed by atoms with Gasteiger partial charge in [-0.3, -0.25) is 4.79 Å². The van der Waals surface area contributed by atoms with Gasteiger partial charge in [0.25, 0.3) is 5.91 Å². The first-order chi connectivity index (χ1) is 14.4. The van der Waals surface area contributed by atoms with E-state index in [2.05, 4.69) is 25.2 Å². The lowest BCUT2D eigenvalue weighted by Gasteiger charge is -2.13. The zero-order valence-corrected chi connectivity index (χ0v) is 16.0. The monoisotopic (exact) mass is 415 g/mol. The molecule has 0 aliphatic carbocycles. The number of aromatic nitrogens is 3. The molecule has 0 saturated heterocycles. The second kappa shape index (κ2) is 8.17. The third kappa shape index (κ3) is 4.45. The van der Waals surface area contributed by atoms with Gasteiger partial charge in [-0.1, -0.05) is 6.07 Å². The van der Waals surface area contributed by atoms with Crippen molar-refractivity contribution in [2.24, 2.45) is 0 Å². The maximum absolute atomic E-state index is 12.9. The summed E-state index contributed by atoms with van der Waals surface area (Å²) in [7, 11) is 0. The smallest absolute Gasteiger partial charge is 0.346 e. The van der Waals surface area contributed by atoms with Crippen LogP contribution in [-0.2, 0) is 25.7 Å². The SMILES string of the molecule is O=C(NCc1cn2c(n1)CCCC2)c1cccnc1Nc1cccc(C(F)(F)F)c1. The van der Waals surface area contributed by atoms with Crippen molar-refractivity contribution in [2.45, 2.75) is 38.5 Å². The van der Waals surface area contributed by atoms with Crippen LogP contribution < -0.4 is 10.6 Å². The molecule has 3 heterocycles. The molecule has 4 rings (SSSR count). The molecule has 0 atom stereocenters. The first-order valence-corrected chi connectivity index (χ1v) is 9.62. The molecule has 1 aliphatic rings. The number of nitrogens with zero attached hydrogens (tertiary/aromatic N) is 3. The number of carbonyl (C=O) groups is 1. The number of rotatable bonds is 5. The number of nitrogens with one attached hydrogen (secondary N) is 2. The van der Waals surface area contributed by atoms with E-state index in [9.17, 15) is 18.0 Å². The van der Waals surface area contributed by atoms with Crippen LogP contribution in [0, 0.1) is 0 Å². The van der Waals surface area contributed by atoms with Crippen molar-refractivity contribution in [3.63, 3.8) is 0 Å². The van der Waals surface area contributed by atoms with E-state index in [-0.39, 0.29) is 29.5 Å². The Labute approximate surface area is 171 Å². The number of amides is 1. The zero-order valence-electron chi connectivity index (χ0n) is 16.0. The minimum Gasteiger partial charge on any atom is -0.346 e. The third-order valence-corrected chi connectivity index (χ3v) is 4.89. The molecule has 0 fully saturated rings. The van der Waals surface area contributed by atoms with Gasteiger partial charge in [0.1, 0.15) is 11.6 Å². The van der Waals surface area contributed by atoms with E-state index in [0.29, 0.717) is 0 Å². The zero-order chi connectivity index (χ0) is 21.1. The van der Waals surface area contributed by atoms with Crippen LogP contribution in [0.5, 0.6) is 0 Å². The summed E-state index contributed by atoms with van der Waals surface area (Å²) in [6.45, 7) is 1.20. The minimum absolute atomic E-state index is 0.179. The summed E-state index contributed by atoms with van der Waals surface area (Å²) < 4.78 is 40.9. The van der Waals surface area contributed by atoms with Crippen molar-refractivity contribution in [3.05, 3.63) is 71.4 Å². The van der Waals surface area contributed by atoms with Gasteiger partial charge in [0.2, 0.25) is 0 Å². The van der Waals surface area contributed by atoms with E-state index in [1.165, 1.54) is 18.3 Å². The van der Waals surface area contributed by atoms with Crippen molar-refractivity contribution in [1.82, 2.24) is 19.9 Å². The second-order valence-corrected chi connectivity index (χ2v) is 7.08. The van der Waals surface area contributed by atoms with Crippen molar-refractivity contribution in [1.29, 1.82) is 0 Å². The fourth-order valence-electron chi connectivity index (χ4n) is 3.42. The highest BCUT2D eigenvalue weighted by Gasteiger charge is 2.30. The van der Waals surface area contributed by atoms with E-state index in [0.717, 1.165) is 49.5 Å². The van der Waals surface area contributed by atoms with Gasteiger partial charge in [-0.05, 0) is 43.2 Å². The Bertz CT molecular complexity index is 1040. The Morgan fingerprint density at radius 3 is 2.83 bits per heavy atom. The average Bonchev–Trinajstić information content (AvgIpc) is 3.15. The number of carbonyl (C=O) groups excluding carboxylic acids is 1. The molecule has 9 heteroatoms. The van der Waals surface area contributed by atoms with Gasteiger partial charge in [0.15, 0.2) is 0 Å². The van der Waals surface area contributed by atoms with Gasteiger partial charge in [-0.15, -0.1) is 0 Å². The first-order valence-electron chi connectivity index (χ1n) is 9.62. The molecule has 3 aromatic rings. The van der Waals surface area contributed by atoms with Crippen LogP contribution in [0.3, 0.4) is 0 Å². The van der Waals surface area contributed by atoms with Gasteiger partial charge in [-0.25, -0.2) is 9.97 Å². The van der Waals surface area contributed by atoms with E-state index < -0.39 is 11.7 Å². The molecule has 2 aromatic heterocycles. The summed E-state index contributed by atoms with van der Waals surface area (Å²) in [6.07, 6.45) is 2.13. The molecule has 1 amide bonds. The van der Waals surface area contributed by atoms with Crippen LogP contribution in [0.1, 0.15) is 40.3 Å². The minimum atomic E-state index is -4.45. The van der Waals surface area contributed by atoms with E-state index >= 15 is 0 Å². The van der Waals surface area contributed by atoms with Crippen molar-refractivity contribution < 1.29 is 18.0 Å². The van der Waals surface area contributed by atoms with Crippen LogP contribution in [0.15, 0.2) is 48.8 Å². The van der Waals surface area contributed by atoms with E-state index in [1.807, 2.05) is 6.20 Å². The molecule has 0 unspecified atom stereocenters. The second-order valence-electron chi connectivity index (χ2n) is 7.08. The summed E-state index contributed by atoms with van der Waals surface area (Å²) in [5, 5.41) is 5.62. The molecule has 0 bridgehead atoms. The lowest BCUT2D eigenvalue weighted by molar-refractivity contribution is -0.137.